The van der Waals surface area contributed by atoms with Crippen LogP contribution in [-0.2, 0) is 17.9 Å². The van der Waals surface area contributed by atoms with E-state index in [-0.39, 0.29) is 5.91 Å². The molecule has 1 atom stereocenters. The molecule has 27 heavy (non-hydrogen) atoms. The Bertz CT molecular complexity index is 1000. The molecule has 0 bridgehead atoms. The fourth-order valence-electron chi connectivity index (χ4n) is 3.38. The number of amides is 1. The number of aromatic nitrogens is 2. The SMILES string of the molecule is COc1ccc(CN2Cc3cncn3C(c3ccc(C#N)cc3)C2=O)cc1. The van der Waals surface area contributed by atoms with Crippen molar-refractivity contribution in [2.75, 3.05) is 7.11 Å². The van der Waals surface area contributed by atoms with Crippen LogP contribution in [0.5, 0.6) is 5.75 Å². The topological polar surface area (TPSA) is 71.2 Å². The zero-order chi connectivity index (χ0) is 18.8. The lowest BCUT2D eigenvalue weighted by Crippen LogP contribution is -2.42. The maximum atomic E-state index is 13.3. The first-order valence-corrected chi connectivity index (χ1v) is 8.62. The molecule has 1 aromatic heterocycles. The van der Waals surface area contributed by atoms with E-state index in [9.17, 15) is 4.79 Å². The summed E-state index contributed by atoms with van der Waals surface area (Å²) in [6.07, 6.45) is 3.49. The summed E-state index contributed by atoms with van der Waals surface area (Å²) >= 11 is 0. The van der Waals surface area contributed by atoms with Crippen LogP contribution in [0.25, 0.3) is 0 Å². The quantitative estimate of drug-likeness (QED) is 0.719. The van der Waals surface area contributed by atoms with Crippen LogP contribution in [0.3, 0.4) is 0 Å². The Kier molecular flexibility index (Phi) is 4.35. The molecule has 0 aliphatic carbocycles. The Morgan fingerprint density at radius 2 is 1.93 bits per heavy atom. The molecule has 0 radical (unpaired) electrons. The normalized spacial score (nSPS) is 15.9. The molecule has 134 valence electrons. The second-order valence-electron chi connectivity index (χ2n) is 6.47. The van der Waals surface area contributed by atoms with Gasteiger partial charge in [0.2, 0.25) is 0 Å². The van der Waals surface area contributed by atoms with Crippen LogP contribution in [0.15, 0.2) is 61.1 Å². The van der Waals surface area contributed by atoms with Crippen LogP contribution in [-0.4, -0.2) is 27.5 Å². The summed E-state index contributed by atoms with van der Waals surface area (Å²) in [4.78, 5) is 19.3. The number of carbonyl (C=O) groups excluding carboxylic acids is 1. The number of rotatable bonds is 4. The molecule has 0 saturated heterocycles. The van der Waals surface area contributed by atoms with Crippen molar-refractivity contribution in [1.29, 1.82) is 5.26 Å². The van der Waals surface area contributed by atoms with E-state index in [1.54, 1.807) is 31.8 Å². The van der Waals surface area contributed by atoms with Crippen molar-refractivity contribution < 1.29 is 9.53 Å². The number of imidazole rings is 1. The molecule has 0 saturated carbocycles. The average Bonchev–Trinajstić information content (AvgIpc) is 3.17. The van der Waals surface area contributed by atoms with Crippen LogP contribution in [0.4, 0.5) is 0 Å². The molecule has 0 N–H and O–H groups in total. The zero-order valence-electron chi connectivity index (χ0n) is 14.9. The average molecular weight is 358 g/mol. The lowest BCUT2D eigenvalue weighted by Gasteiger charge is -2.34. The molecule has 3 aromatic rings. The van der Waals surface area contributed by atoms with Crippen molar-refractivity contribution in [3.63, 3.8) is 0 Å². The van der Waals surface area contributed by atoms with Gasteiger partial charge in [0.15, 0.2) is 0 Å². The Balaban J connectivity index is 1.65. The lowest BCUT2D eigenvalue weighted by atomic mass is 10.0. The van der Waals surface area contributed by atoms with Crippen LogP contribution in [0.2, 0.25) is 0 Å². The van der Waals surface area contributed by atoms with Crippen molar-refractivity contribution in [3.05, 3.63) is 83.4 Å². The van der Waals surface area contributed by atoms with Crippen LogP contribution in [0.1, 0.15) is 28.4 Å². The van der Waals surface area contributed by atoms with E-state index in [4.69, 9.17) is 10.00 Å². The number of hydrogen-bond donors (Lipinski definition) is 0. The number of benzene rings is 2. The first-order valence-electron chi connectivity index (χ1n) is 8.62. The summed E-state index contributed by atoms with van der Waals surface area (Å²) < 4.78 is 7.11. The summed E-state index contributed by atoms with van der Waals surface area (Å²) in [6.45, 7) is 1.03. The predicted octanol–water partition coefficient (Wildman–Crippen LogP) is 2.90. The highest BCUT2D eigenvalue weighted by atomic mass is 16.5. The molecule has 1 aliphatic rings. The van der Waals surface area contributed by atoms with Gasteiger partial charge in [0.25, 0.3) is 5.91 Å². The number of methoxy groups -OCH3 is 1. The molecule has 6 nitrogen and oxygen atoms in total. The van der Waals surface area contributed by atoms with Gasteiger partial charge in [-0.25, -0.2) is 4.98 Å². The molecule has 6 heteroatoms. The molecule has 2 heterocycles. The van der Waals surface area contributed by atoms with Gasteiger partial charge in [-0.1, -0.05) is 24.3 Å². The van der Waals surface area contributed by atoms with Crippen molar-refractivity contribution in [2.45, 2.75) is 19.1 Å². The van der Waals surface area contributed by atoms with Gasteiger partial charge in [0.05, 0.1) is 37.3 Å². The third kappa shape index (κ3) is 3.15. The summed E-state index contributed by atoms with van der Waals surface area (Å²) in [5.41, 5.74) is 3.44. The zero-order valence-corrected chi connectivity index (χ0v) is 14.9. The van der Waals surface area contributed by atoms with Crippen LogP contribution in [0, 0.1) is 11.3 Å². The second-order valence-corrected chi connectivity index (χ2v) is 6.47. The molecule has 0 fully saturated rings. The van der Waals surface area contributed by atoms with Crippen molar-refractivity contribution in [1.82, 2.24) is 14.5 Å². The fourth-order valence-corrected chi connectivity index (χ4v) is 3.38. The van der Waals surface area contributed by atoms with Crippen molar-refractivity contribution >= 4 is 5.91 Å². The van der Waals surface area contributed by atoms with Crippen LogP contribution < -0.4 is 4.74 Å². The van der Waals surface area contributed by atoms with E-state index >= 15 is 0 Å². The highest BCUT2D eigenvalue weighted by Crippen LogP contribution is 2.29. The number of hydrogen-bond acceptors (Lipinski definition) is 4. The molecule has 1 aliphatic heterocycles. The van der Waals surface area contributed by atoms with Gasteiger partial charge in [-0.3, -0.25) is 4.79 Å². The Morgan fingerprint density at radius 1 is 1.19 bits per heavy atom. The lowest BCUT2D eigenvalue weighted by molar-refractivity contribution is -0.136. The first-order chi connectivity index (χ1) is 13.2. The maximum absolute atomic E-state index is 13.3. The highest BCUT2D eigenvalue weighted by molar-refractivity contribution is 5.84. The Labute approximate surface area is 157 Å². The summed E-state index contributed by atoms with van der Waals surface area (Å²) in [6, 6.07) is 16.5. The third-order valence-corrected chi connectivity index (χ3v) is 4.81. The number of nitriles is 1. The van der Waals surface area contributed by atoms with E-state index in [2.05, 4.69) is 11.1 Å². The number of fused-ring (bicyclic) bond motifs is 1. The minimum atomic E-state index is -0.470. The van der Waals surface area contributed by atoms with E-state index < -0.39 is 6.04 Å². The standard InChI is InChI=1S/C21H18N4O2/c1-27-19-8-4-16(5-9-19)12-24-13-18-11-23-14-25(18)20(21(24)26)17-6-2-15(10-22)3-7-17/h2-9,11,14,20H,12-13H2,1H3. The highest BCUT2D eigenvalue weighted by Gasteiger charge is 2.34. The van der Waals surface area contributed by atoms with E-state index in [0.29, 0.717) is 18.7 Å². The van der Waals surface area contributed by atoms with E-state index in [1.807, 2.05) is 45.9 Å². The Hall–Kier alpha value is -3.59. The molecular weight excluding hydrogens is 340 g/mol. The summed E-state index contributed by atoms with van der Waals surface area (Å²) in [5.74, 6) is 0.804. The first kappa shape index (κ1) is 16.9. The van der Waals surface area contributed by atoms with Crippen molar-refractivity contribution in [2.24, 2.45) is 0 Å². The van der Waals surface area contributed by atoms with Gasteiger partial charge in [-0.2, -0.15) is 5.26 Å². The number of carbonyl (C=O) groups is 1. The molecular formula is C21H18N4O2. The predicted molar refractivity (Wildman–Crippen MR) is 98.8 cm³/mol. The maximum Gasteiger partial charge on any atom is 0.250 e. The van der Waals surface area contributed by atoms with Gasteiger partial charge < -0.3 is 14.2 Å². The summed E-state index contributed by atoms with van der Waals surface area (Å²) in [7, 11) is 1.63. The van der Waals surface area contributed by atoms with Crippen LogP contribution >= 0.6 is 0 Å². The molecule has 2 aromatic carbocycles. The summed E-state index contributed by atoms with van der Waals surface area (Å²) in [5, 5.41) is 9.01. The molecule has 1 unspecified atom stereocenters. The minimum absolute atomic E-state index is 0.0148. The molecule has 1 amide bonds. The van der Waals surface area contributed by atoms with E-state index in [0.717, 1.165) is 22.6 Å². The number of ether oxygens (including phenoxy) is 1. The van der Waals surface area contributed by atoms with Gasteiger partial charge >= 0.3 is 0 Å². The van der Waals surface area contributed by atoms with Gasteiger partial charge in [0, 0.05) is 12.7 Å². The number of nitrogens with zero attached hydrogens (tertiary/aromatic N) is 4. The largest absolute Gasteiger partial charge is 0.497 e. The minimum Gasteiger partial charge on any atom is -0.497 e. The third-order valence-electron chi connectivity index (χ3n) is 4.81. The monoisotopic (exact) mass is 358 g/mol. The van der Waals surface area contributed by atoms with Gasteiger partial charge in [0.1, 0.15) is 11.8 Å². The fraction of sp³-hybridized carbons (Fsp3) is 0.190. The van der Waals surface area contributed by atoms with E-state index in [1.165, 1.54) is 0 Å². The Morgan fingerprint density at radius 3 is 2.59 bits per heavy atom. The van der Waals surface area contributed by atoms with Gasteiger partial charge in [-0.05, 0) is 35.4 Å². The smallest absolute Gasteiger partial charge is 0.250 e. The molecule has 0 spiro atoms. The van der Waals surface area contributed by atoms with Gasteiger partial charge in [-0.15, -0.1) is 0 Å². The molecule has 4 rings (SSSR count). The van der Waals surface area contributed by atoms with Crippen molar-refractivity contribution in [3.8, 4) is 11.8 Å². The second kappa shape index (κ2) is 6.96.